The molecule has 1 aliphatic rings. The summed E-state index contributed by atoms with van der Waals surface area (Å²) >= 11 is 0. The van der Waals surface area contributed by atoms with Crippen LogP contribution in [0.1, 0.15) is 26.3 Å². The topological polar surface area (TPSA) is 57.9 Å². The van der Waals surface area contributed by atoms with Crippen molar-refractivity contribution in [3.63, 3.8) is 0 Å². The van der Waals surface area contributed by atoms with Gasteiger partial charge in [-0.2, -0.15) is 0 Å². The molecule has 0 aromatic carbocycles. The van der Waals surface area contributed by atoms with Crippen LogP contribution in [0.15, 0.2) is 23.7 Å². The summed E-state index contributed by atoms with van der Waals surface area (Å²) in [6, 6.07) is 0.449. The molecule has 1 aromatic heterocycles. The Kier molecular flexibility index (Phi) is 11.1. The summed E-state index contributed by atoms with van der Waals surface area (Å²) in [6.45, 7) is 10.8. The van der Waals surface area contributed by atoms with E-state index in [1.807, 2.05) is 12.5 Å². The molecule has 0 amide bonds. The zero-order valence-corrected chi connectivity index (χ0v) is 18.9. The average molecular weight is 478 g/mol. The molecule has 2 atom stereocenters. The molecule has 1 N–H and O–H groups in total. The molecule has 2 unspecified atom stereocenters. The molecule has 2 heterocycles. The first-order valence-corrected chi connectivity index (χ1v) is 9.33. The van der Waals surface area contributed by atoms with Crippen LogP contribution < -0.4 is 5.32 Å². The van der Waals surface area contributed by atoms with E-state index in [9.17, 15) is 0 Å². The van der Waals surface area contributed by atoms with Crippen LogP contribution in [0.5, 0.6) is 0 Å². The number of guanidine groups is 1. The monoisotopic (exact) mass is 478 g/mol. The Bertz CT molecular complexity index is 510. The Morgan fingerprint density at radius 1 is 1.42 bits per heavy atom. The third-order valence-corrected chi connectivity index (χ3v) is 4.88. The summed E-state index contributed by atoms with van der Waals surface area (Å²) in [6.07, 6.45) is 7.03. The second-order valence-electron chi connectivity index (χ2n) is 6.82. The minimum absolute atomic E-state index is 0. The zero-order valence-electron chi connectivity index (χ0n) is 16.6. The number of hydrogen-bond acceptors (Lipinski definition) is 4. The summed E-state index contributed by atoms with van der Waals surface area (Å²) in [5.74, 6) is 1.67. The van der Waals surface area contributed by atoms with E-state index < -0.39 is 0 Å². The van der Waals surface area contributed by atoms with E-state index in [2.05, 4.69) is 51.8 Å². The number of nitrogens with zero attached hydrogens (tertiary/aromatic N) is 5. The second kappa shape index (κ2) is 12.5. The lowest BCUT2D eigenvalue weighted by atomic mass is 9.93. The van der Waals surface area contributed by atoms with Crippen LogP contribution in [0, 0.1) is 5.92 Å². The molecular formula is C18H35IN6O. The van der Waals surface area contributed by atoms with Crippen molar-refractivity contribution in [1.82, 2.24) is 24.7 Å². The van der Waals surface area contributed by atoms with Crippen molar-refractivity contribution >= 4 is 29.9 Å². The van der Waals surface area contributed by atoms with Crippen molar-refractivity contribution in [3.8, 4) is 0 Å². The quantitative estimate of drug-likeness (QED) is 0.352. The van der Waals surface area contributed by atoms with Crippen molar-refractivity contribution in [2.75, 3.05) is 60.0 Å². The maximum Gasteiger partial charge on any atom is 0.194 e. The van der Waals surface area contributed by atoms with Crippen LogP contribution in [0.2, 0.25) is 0 Å². The second-order valence-corrected chi connectivity index (χ2v) is 6.82. The Hall–Kier alpha value is -0.870. The highest BCUT2D eigenvalue weighted by molar-refractivity contribution is 14.0. The first-order valence-electron chi connectivity index (χ1n) is 9.33. The molecule has 0 saturated carbocycles. The summed E-state index contributed by atoms with van der Waals surface area (Å²) in [5, 5.41) is 3.46. The SMILES string of the molecule is CCNC(=NCCN(C)CCOC)N1CCC(C)C(n2ccnc2)C1.I. The van der Waals surface area contributed by atoms with E-state index >= 15 is 0 Å². The Labute approximate surface area is 175 Å². The van der Waals surface area contributed by atoms with Gasteiger partial charge in [-0.05, 0) is 26.3 Å². The number of rotatable bonds is 8. The molecule has 7 nitrogen and oxygen atoms in total. The number of nitrogens with one attached hydrogen (secondary N) is 1. The van der Waals surface area contributed by atoms with E-state index in [-0.39, 0.29) is 24.0 Å². The predicted octanol–water partition coefficient (Wildman–Crippen LogP) is 1.93. The smallest absolute Gasteiger partial charge is 0.194 e. The van der Waals surface area contributed by atoms with Gasteiger partial charge in [0.05, 0.1) is 25.5 Å². The number of imidazole rings is 1. The summed E-state index contributed by atoms with van der Waals surface area (Å²) in [7, 11) is 3.85. The Balaban J connectivity index is 0.00000338. The summed E-state index contributed by atoms with van der Waals surface area (Å²) in [5.41, 5.74) is 0. The fourth-order valence-corrected chi connectivity index (χ4v) is 3.21. The molecule has 150 valence electrons. The highest BCUT2D eigenvalue weighted by Crippen LogP contribution is 2.27. The zero-order chi connectivity index (χ0) is 18.1. The molecule has 0 aliphatic carbocycles. The molecule has 1 fully saturated rings. The van der Waals surface area contributed by atoms with E-state index in [4.69, 9.17) is 9.73 Å². The first kappa shape index (κ1) is 23.2. The van der Waals surface area contributed by atoms with Crippen LogP contribution in [0.4, 0.5) is 0 Å². The van der Waals surface area contributed by atoms with Crippen LogP contribution >= 0.6 is 24.0 Å². The molecule has 0 bridgehead atoms. The highest BCUT2D eigenvalue weighted by atomic mass is 127. The van der Waals surface area contributed by atoms with E-state index in [1.54, 1.807) is 7.11 Å². The average Bonchev–Trinajstić information content (AvgIpc) is 3.14. The van der Waals surface area contributed by atoms with Gasteiger partial charge in [0.15, 0.2) is 5.96 Å². The first-order chi connectivity index (χ1) is 12.2. The minimum atomic E-state index is 0. The van der Waals surface area contributed by atoms with Gasteiger partial charge in [-0.3, -0.25) is 4.99 Å². The number of likely N-dealkylation sites (tertiary alicyclic amines) is 1. The van der Waals surface area contributed by atoms with Gasteiger partial charge in [0.1, 0.15) is 0 Å². The van der Waals surface area contributed by atoms with Gasteiger partial charge in [-0.15, -0.1) is 24.0 Å². The fourth-order valence-electron chi connectivity index (χ4n) is 3.21. The van der Waals surface area contributed by atoms with Gasteiger partial charge in [-0.1, -0.05) is 6.92 Å². The third-order valence-electron chi connectivity index (χ3n) is 4.88. The standard InChI is InChI=1S/C18H34N6O.HI/c1-5-20-18(21-8-10-22(3)12-13-25-4)23-9-6-16(2)17(14-23)24-11-7-19-15-24;/h7,11,15-17H,5-6,8-10,12-14H2,1-4H3,(H,20,21);1H. The molecule has 0 spiro atoms. The molecular weight excluding hydrogens is 443 g/mol. The lowest BCUT2D eigenvalue weighted by molar-refractivity contribution is 0.162. The third kappa shape index (κ3) is 7.03. The molecule has 2 rings (SSSR count). The lowest BCUT2D eigenvalue weighted by Gasteiger charge is -2.39. The number of hydrogen-bond donors (Lipinski definition) is 1. The number of halogens is 1. The van der Waals surface area contributed by atoms with Gasteiger partial charge in [-0.25, -0.2) is 4.98 Å². The maximum atomic E-state index is 5.13. The van der Waals surface area contributed by atoms with Gasteiger partial charge in [0.2, 0.25) is 0 Å². The van der Waals surface area contributed by atoms with Crippen molar-refractivity contribution < 1.29 is 4.74 Å². The Morgan fingerprint density at radius 3 is 2.88 bits per heavy atom. The van der Waals surface area contributed by atoms with Crippen molar-refractivity contribution in [3.05, 3.63) is 18.7 Å². The minimum Gasteiger partial charge on any atom is -0.383 e. The maximum absolute atomic E-state index is 5.13. The fraction of sp³-hybridized carbons (Fsp3) is 0.778. The molecule has 1 saturated heterocycles. The van der Waals surface area contributed by atoms with Gasteiger partial charge in [0.25, 0.3) is 0 Å². The van der Waals surface area contributed by atoms with Crippen LogP contribution in [0.25, 0.3) is 0 Å². The number of likely N-dealkylation sites (N-methyl/N-ethyl adjacent to an activating group) is 1. The van der Waals surface area contributed by atoms with E-state index in [0.29, 0.717) is 12.0 Å². The summed E-state index contributed by atoms with van der Waals surface area (Å²) < 4.78 is 7.36. The molecule has 1 aromatic rings. The molecule has 1 aliphatic heterocycles. The van der Waals surface area contributed by atoms with Gasteiger partial charge >= 0.3 is 0 Å². The number of piperidine rings is 1. The van der Waals surface area contributed by atoms with Crippen molar-refractivity contribution in [2.45, 2.75) is 26.3 Å². The van der Waals surface area contributed by atoms with E-state index in [0.717, 1.165) is 51.8 Å². The molecule has 0 radical (unpaired) electrons. The normalized spacial score (nSPS) is 21.0. The summed E-state index contributed by atoms with van der Waals surface area (Å²) in [4.78, 5) is 13.7. The van der Waals surface area contributed by atoms with Gasteiger partial charge < -0.3 is 24.4 Å². The van der Waals surface area contributed by atoms with Crippen LogP contribution in [-0.2, 0) is 4.74 Å². The number of aromatic nitrogens is 2. The predicted molar refractivity (Wildman–Crippen MR) is 117 cm³/mol. The number of aliphatic imine (C=N–C) groups is 1. The molecule has 8 heteroatoms. The largest absolute Gasteiger partial charge is 0.383 e. The van der Waals surface area contributed by atoms with Gasteiger partial charge in [0, 0.05) is 52.2 Å². The van der Waals surface area contributed by atoms with E-state index in [1.165, 1.54) is 6.42 Å². The molecule has 26 heavy (non-hydrogen) atoms. The van der Waals surface area contributed by atoms with Crippen molar-refractivity contribution in [1.29, 1.82) is 0 Å². The van der Waals surface area contributed by atoms with Crippen LogP contribution in [0.3, 0.4) is 0 Å². The number of methoxy groups -OCH3 is 1. The Morgan fingerprint density at radius 2 is 2.23 bits per heavy atom. The lowest BCUT2D eigenvalue weighted by Crippen LogP contribution is -2.49. The highest BCUT2D eigenvalue weighted by Gasteiger charge is 2.28. The number of ether oxygens (including phenoxy) is 1. The van der Waals surface area contributed by atoms with Crippen molar-refractivity contribution in [2.24, 2.45) is 10.9 Å². The van der Waals surface area contributed by atoms with Crippen LogP contribution in [-0.4, -0.2) is 85.3 Å².